The maximum Gasteiger partial charge on any atom is 0.176 e. The predicted octanol–water partition coefficient (Wildman–Crippen LogP) is 0.939. The molecule has 2 N–H and O–H groups in total. The lowest BCUT2D eigenvalue weighted by Crippen LogP contribution is -2.26. The summed E-state index contributed by atoms with van der Waals surface area (Å²) in [7, 11) is 1.76. The topological polar surface area (TPSA) is 69.6 Å². The van der Waals surface area contributed by atoms with Gasteiger partial charge < -0.3 is 5.73 Å². The normalized spacial score (nSPS) is 12.7. The first-order chi connectivity index (χ1) is 8.54. The van der Waals surface area contributed by atoms with Gasteiger partial charge in [-0.15, -0.1) is 10.2 Å². The van der Waals surface area contributed by atoms with E-state index in [4.69, 9.17) is 5.73 Å². The quantitative estimate of drug-likeness (QED) is 0.870. The average molecular weight is 245 g/mol. The second-order valence-electron chi connectivity index (χ2n) is 4.79. The van der Waals surface area contributed by atoms with Gasteiger partial charge in [-0.1, -0.05) is 23.8 Å². The van der Waals surface area contributed by atoms with Crippen LogP contribution in [0, 0.1) is 13.8 Å². The molecule has 96 valence electrons. The van der Waals surface area contributed by atoms with Crippen LogP contribution in [0.5, 0.6) is 0 Å². The minimum Gasteiger partial charge on any atom is -0.327 e. The van der Waals surface area contributed by atoms with Gasteiger partial charge in [0.25, 0.3) is 0 Å². The summed E-state index contributed by atoms with van der Waals surface area (Å²) in [5.74, 6) is 0.704. The molecule has 0 spiro atoms. The van der Waals surface area contributed by atoms with Crippen LogP contribution in [0.4, 0.5) is 0 Å². The molecule has 1 aromatic carbocycles. The summed E-state index contributed by atoms with van der Waals surface area (Å²) in [4.78, 5) is 1.46. The number of rotatable bonds is 4. The highest BCUT2D eigenvalue weighted by molar-refractivity contribution is 5.31. The molecule has 0 saturated heterocycles. The highest BCUT2D eigenvalue weighted by atomic mass is 15.6. The fourth-order valence-corrected chi connectivity index (χ4v) is 2.01. The van der Waals surface area contributed by atoms with Crippen molar-refractivity contribution < 1.29 is 0 Å². The van der Waals surface area contributed by atoms with Crippen molar-refractivity contribution in [1.29, 1.82) is 0 Å². The van der Waals surface area contributed by atoms with E-state index >= 15 is 0 Å². The average Bonchev–Trinajstić information content (AvgIpc) is 2.69. The molecule has 1 atom stereocenters. The van der Waals surface area contributed by atoms with Crippen molar-refractivity contribution in [3.05, 3.63) is 40.7 Å². The number of aryl methyl sites for hydroxylation is 3. The van der Waals surface area contributed by atoms with Crippen LogP contribution in [-0.4, -0.2) is 26.2 Å². The Bertz CT molecular complexity index is 532. The van der Waals surface area contributed by atoms with Gasteiger partial charge in [0, 0.05) is 12.5 Å². The number of aromatic nitrogens is 4. The fourth-order valence-electron chi connectivity index (χ4n) is 2.01. The summed E-state index contributed by atoms with van der Waals surface area (Å²) < 4.78 is 0. The molecule has 0 fully saturated rings. The summed E-state index contributed by atoms with van der Waals surface area (Å²) in [6.07, 6.45) is 1.49. The van der Waals surface area contributed by atoms with Crippen LogP contribution in [0.2, 0.25) is 0 Å². The number of benzene rings is 1. The molecule has 0 saturated carbocycles. The van der Waals surface area contributed by atoms with E-state index in [9.17, 15) is 0 Å². The molecule has 0 bridgehead atoms. The second-order valence-corrected chi connectivity index (χ2v) is 4.79. The van der Waals surface area contributed by atoms with E-state index in [-0.39, 0.29) is 6.04 Å². The van der Waals surface area contributed by atoms with Crippen molar-refractivity contribution in [2.45, 2.75) is 32.7 Å². The number of hydrogen-bond acceptors (Lipinski definition) is 4. The molecular formula is C13H19N5. The zero-order valence-corrected chi connectivity index (χ0v) is 11.1. The summed E-state index contributed by atoms with van der Waals surface area (Å²) in [5.41, 5.74) is 9.99. The summed E-state index contributed by atoms with van der Waals surface area (Å²) in [5, 5.41) is 11.9. The summed E-state index contributed by atoms with van der Waals surface area (Å²) in [6, 6.07) is 6.47. The van der Waals surface area contributed by atoms with E-state index in [1.807, 2.05) is 0 Å². The molecule has 1 aromatic heterocycles. The number of hydrogen-bond donors (Lipinski definition) is 1. The van der Waals surface area contributed by atoms with E-state index in [0.29, 0.717) is 12.2 Å². The maximum atomic E-state index is 6.15. The van der Waals surface area contributed by atoms with Gasteiger partial charge in [0.15, 0.2) is 5.82 Å². The first-order valence-corrected chi connectivity index (χ1v) is 6.09. The molecule has 0 aliphatic rings. The molecule has 5 heteroatoms. The van der Waals surface area contributed by atoms with Crippen molar-refractivity contribution in [2.75, 3.05) is 0 Å². The zero-order chi connectivity index (χ0) is 13.1. The van der Waals surface area contributed by atoms with E-state index in [1.54, 1.807) is 7.05 Å². The zero-order valence-electron chi connectivity index (χ0n) is 11.1. The number of tetrazole rings is 1. The van der Waals surface area contributed by atoms with Gasteiger partial charge in [-0.25, -0.2) is 0 Å². The monoisotopic (exact) mass is 245 g/mol. The smallest absolute Gasteiger partial charge is 0.176 e. The molecule has 0 radical (unpaired) electrons. The van der Waals surface area contributed by atoms with Crippen LogP contribution >= 0.6 is 0 Å². The Balaban J connectivity index is 2.02. The van der Waals surface area contributed by atoms with Crippen molar-refractivity contribution >= 4 is 0 Å². The Kier molecular flexibility index (Phi) is 3.72. The van der Waals surface area contributed by atoms with Gasteiger partial charge in [-0.05, 0) is 36.6 Å². The predicted molar refractivity (Wildman–Crippen MR) is 70.1 cm³/mol. The molecule has 2 rings (SSSR count). The molecule has 18 heavy (non-hydrogen) atoms. The molecule has 0 aliphatic heterocycles. The fraction of sp³-hybridized carbons (Fsp3) is 0.462. The minimum absolute atomic E-state index is 0.0229. The van der Waals surface area contributed by atoms with Gasteiger partial charge in [-0.2, -0.15) is 4.80 Å². The number of nitrogens with two attached hydrogens (primary N) is 1. The molecular weight excluding hydrogens is 226 g/mol. The highest BCUT2D eigenvalue weighted by Crippen LogP contribution is 2.13. The molecule has 5 nitrogen and oxygen atoms in total. The van der Waals surface area contributed by atoms with Crippen LogP contribution in [0.25, 0.3) is 0 Å². The van der Waals surface area contributed by atoms with Crippen LogP contribution in [0.15, 0.2) is 18.2 Å². The minimum atomic E-state index is 0.0229. The first kappa shape index (κ1) is 12.7. The van der Waals surface area contributed by atoms with Crippen molar-refractivity contribution in [3.8, 4) is 0 Å². The SMILES string of the molecule is Cc1ccc(C)c(CC(N)Cc2nnn(C)n2)c1. The Morgan fingerprint density at radius 3 is 2.72 bits per heavy atom. The molecule has 1 unspecified atom stereocenters. The third-order valence-electron chi connectivity index (χ3n) is 2.98. The highest BCUT2D eigenvalue weighted by Gasteiger charge is 2.10. The standard InChI is InChI=1S/C13H19N5/c1-9-4-5-10(2)11(6-9)7-12(14)8-13-15-17-18(3)16-13/h4-6,12H,7-8,14H2,1-3H3. The van der Waals surface area contributed by atoms with Gasteiger partial charge >= 0.3 is 0 Å². The van der Waals surface area contributed by atoms with E-state index in [2.05, 4.69) is 47.5 Å². The lowest BCUT2D eigenvalue weighted by molar-refractivity contribution is 0.614. The lowest BCUT2D eigenvalue weighted by atomic mass is 9.98. The van der Waals surface area contributed by atoms with E-state index < -0.39 is 0 Å². The first-order valence-electron chi connectivity index (χ1n) is 6.09. The van der Waals surface area contributed by atoms with Crippen LogP contribution < -0.4 is 5.73 Å². The molecule has 0 amide bonds. The van der Waals surface area contributed by atoms with Gasteiger partial charge in [-0.3, -0.25) is 0 Å². The molecule has 1 heterocycles. The Morgan fingerprint density at radius 1 is 1.28 bits per heavy atom. The Labute approximate surface area is 107 Å². The number of nitrogens with zero attached hydrogens (tertiary/aromatic N) is 4. The van der Waals surface area contributed by atoms with Gasteiger partial charge in [0.05, 0.1) is 7.05 Å². The van der Waals surface area contributed by atoms with Gasteiger partial charge in [0.1, 0.15) is 0 Å². The molecule has 2 aromatic rings. The third kappa shape index (κ3) is 3.13. The van der Waals surface area contributed by atoms with Crippen molar-refractivity contribution in [2.24, 2.45) is 12.8 Å². The summed E-state index contributed by atoms with van der Waals surface area (Å²) in [6.45, 7) is 4.21. The maximum absolute atomic E-state index is 6.15. The van der Waals surface area contributed by atoms with Crippen LogP contribution in [0.3, 0.4) is 0 Å². The largest absolute Gasteiger partial charge is 0.327 e. The third-order valence-corrected chi connectivity index (χ3v) is 2.98. The lowest BCUT2D eigenvalue weighted by Gasteiger charge is -2.12. The Hall–Kier alpha value is -1.75. The Morgan fingerprint density at radius 2 is 2.06 bits per heavy atom. The van der Waals surface area contributed by atoms with E-state index in [0.717, 1.165) is 6.42 Å². The van der Waals surface area contributed by atoms with Crippen molar-refractivity contribution in [3.63, 3.8) is 0 Å². The van der Waals surface area contributed by atoms with Crippen molar-refractivity contribution in [1.82, 2.24) is 20.2 Å². The van der Waals surface area contributed by atoms with Crippen LogP contribution in [-0.2, 0) is 19.9 Å². The molecule has 0 aliphatic carbocycles. The van der Waals surface area contributed by atoms with Crippen LogP contribution in [0.1, 0.15) is 22.5 Å². The second kappa shape index (κ2) is 5.27. The van der Waals surface area contributed by atoms with Gasteiger partial charge in [0.2, 0.25) is 0 Å². The summed E-state index contributed by atoms with van der Waals surface area (Å²) >= 11 is 0. The van der Waals surface area contributed by atoms with E-state index in [1.165, 1.54) is 21.5 Å².